The van der Waals surface area contributed by atoms with Crippen LogP contribution < -0.4 is 0 Å². The molecule has 0 spiro atoms. The summed E-state index contributed by atoms with van der Waals surface area (Å²) in [5.74, 6) is 0.668. The number of allylic oxidation sites excluding steroid dienone is 1. The molecule has 0 aliphatic carbocycles. The van der Waals surface area contributed by atoms with Crippen molar-refractivity contribution in [3.05, 3.63) is 84.1 Å². The molecule has 0 unspecified atom stereocenters. The molecule has 2 rings (SSSR count). The van der Waals surface area contributed by atoms with Crippen molar-refractivity contribution in [2.24, 2.45) is 0 Å². The molecule has 0 aromatic heterocycles. The molecule has 98 valence electrons. The molecule has 0 atom stereocenters. The zero-order chi connectivity index (χ0) is 13.5. The molecule has 0 aliphatic heterocycles. The molecule has 0 amide bonds. The molecule has 0 saturated heterocycles. The third kappa shape index (κ3) is 3.99. The van der Waals surface area contributed by atoms with Gasteiger partial charge in [-0.25, -0.2) is 0 Å². The molecule has 1 heteroatoms. The van der Waals surface area contributed by atoms with Gasteiger partial charge in [-0.15, -0.1) is 0 Å². The third-order valence-corrected chi connectivity index (χ3v) is 3.36. The van der Waals surface area contributed by atoms with Gasteiger partial charge in [0.15, 0.2) is 0 Å². The molecule has 1 N–H and O–H groups in total. The van der Waals surface area contributed by atoms with Crippen LogP contribution in [0.1, 0.15) is 36.3 Å². The monoisotopic (exact) mass is 252 g/mol. The molecule has 0 bridgehead atoms. The summed E-state index contributed by atoms with van der Waals surface area (Å²) in [5, 5.41) is 9.21. The number of rotatable bonds is 6. The van der Waals surface area contributed by atoms with Crippen LogP contribution in [0.25, 0.3) is 0 Å². The number of hydrogen-bond acceptors (Lipinski definition) is 1. The molecular formula is C18H20O. The lowest BCUT2D eigenvalue weighted by atomic mass is 9.87. The van der Waals surface area contributed by atoms with E-state index in [9.17, 15) is 5.11 Å². The fourth-order valence-electron chi connectivity index (χ4n) is 2.41. The molecule has 2 aromatic carbocycles. The Labute approximate surface area is 115 Å². The highest BCUT2D eigenvalue weighted by Gasteiger charge is 2.13. The number of hydrogen-bond donors (Lipinski definition) is 1. The minimum Gasteiger partial charge on any atom is -0.513 e. The summed E-state index contributed by atoms with van der Waals surface area (Å²) in [4.78, 5) is 0. The SMILES string of the molecule is C=C(O)CCCC(c1ccccc1)c1ccccc1. The Morgan fingerprint density at radius 3 is 1.79 bits per heavy atom. The normalized spacial score (nSPS) is 10.6. The Morgan fingerprint density at radius 1 is 0.895 bits per heavy atom. The van der Waals surface area contributed by atoms with Crippen LogP contribution in [0, 0.1) is 0 Å². The van der Waals surface area contributed by atoms with Crippen LogP contribution in [0.4, 0.5) is 0 Å². The van der Waals surface area contributed by atoms with Gasteiger partial charge in [0.25, 0.3) is 0 Å². The van der Waals surface area contributed by atoms with E-state index in [4.69, 9.17) is 0 Å². The maximum absolute atomic E-state index is 9.21. The minimum absolute atomic E-state index is 0.278. The first-order chi connectivity index (χ1) is 9.27. The Morgan fingerprint density at radius 2 is 1.37 bits per heavy atom. The first-order valence-corrected chi connectivity index (χ1v) is 6.74. The average molecular weight is 252 g/mol. The Balaban J connectivity index is 2.17. The van der Waals surface area contributed by atoms with Crippen molar-refractivity contribution in [1.29, 1.82) is 0 Å². The molecule has 0 radical (unpaired) electrons. The number of aliphatic hydroxyl groups is 1. The first-order valence-electron chi connectivity index (χ1n) is 6.74. The van der Waals surface area contributed by atoms with E-state index in [0.717, 1.165) is 12.8 Å². The fraction of sp³-hybridized carbons (Fsp3) is 0.222. The Hall–Kier alpha value is -2.02. The highest BCUT2D eigenvalue weighted by molar-refractivity contribution is 5.32. The predicted molar refractivity (Wildman–Crippen MR) is 80.3 cm³/mol. The van der Waals surface area contributed by atoms with Gasteiger partial charge in [-0.2, -0.15) is 0 Å². The first kappa shape index (κ1) is 13.4. The molecule has 2 aromatic rings. The van der Waals surface area contributed by atoms with Crippen molar-refractivity contribution >= 4 is 0 Å². The minimum atomic E-state index is 0.278. The van der Waals surface area contributed by atoms with Gasteiger partial charge in [-0.3, -0.25) is 0 Å². The van der Waals surface area contributed by atoms with Crippen LogP contribution in [-0.4, -0.2) is 5.11 Å². The van der Waals surface area contributed by atoms with Crippen LogP contribution >= 0.6 is 0 Å². The van der Waals surface area contributed by atoms with Gasteiger partial charge in [-0.05, 0) is 24.0 Å². The molecular weight excluding hydrogens is 232 g/mol. The molecule has 0 fully saturated rings. The molecule has 0 saturated carbocycles. The lowest BCUT2D eigenvalue weighted by Gasteiger charge is -2.18. The van der Waals surface area contributed by atoms with Crippen molar-refractivity contribution in [2.45, 2.75) is 25.2 Å². The van der Waals surface area contributed by atoms with Gasteiger partial charge in [0.1, 0.15) is 0 Å². The lowest BCUT2D eigenvalue weighted by molar-refractivity contribution is 0.383. The quantitative estimate of drug-likeness (QED) is 0.712. The van der Waals surface area contributed by atoms with Crippen molar-refractivity contribution in [2.75, 3.05) is 0 Å². The summed E-state index contributed by atoms with van der Waals surface area (Å²) < 4.78 is 0. The van der Waals surface area contributed by atoms with E-state index in [-0.39, 0.29) is 5.76 Å². The lowest BCUT2D eigenvalue weighted by Crippen LogP contribution is -2.01. The van der Waals surface area contributed by atoms with Crippen molar-refractivity contribution in [3.63, 3.8) is 0 Å². The molecule has 19 heavy (non-hydrogen) atoms. The van der Waals surface area contributed by atoms with E-state index in [2.05, 4.69) is 55.1 Å². The maximum atomic E-state index is 9.21. The van der Waals surface area contributed by atoms with Gasteiger partial charge in [0.2, 0.25) is 0 Å². The van der Waals surface area contributed by atoms with Crippen molar-refractivity contribution in [1.82, 2.24) is 0 Å². The van der Waals surface area contributed by atoms with Gasteiger partial charge in [0, 0.05) is 12.3 Å². The summed E-state index contributed by atoms with van der Waals surface area (Å²) in [6, 6.07) is 21.1. The van der Waals surface area contributed by atoms with E-state index in [1.165, 1.54) is 11.1 Å². The fourth-order valence-corrected chi connectivity index (χ4v) is 2.41. The van der Waals surface area contributed by atoms with Crippen LogP contribution in [0.5, 0.6) is 0 Å². The number of aliphatic hydroxyl groups excluding tert-OH is 1. The van der Waals surface area contributed by atoms with E-state index in [1.54, 1.807) is 0 Å². The Bertz CT molecular complexity index is 462. The topological polar surface area (TPSA) is 20.2 Å². The second kappa shape index (κ2) is 6.79. The highest BCUT2D eigenvalue weighted by Crippen LogP contribution is 2.29. The van der Waals surface area contributed by atoms with E-state index in [0.29, 0.717) is 12.3 Å². The number of benzene rings is 2. The predicted octanol–water partition coefficient (Wildman–Crippen LogP) is 5.06. The van der Waals surface area contributed by atoms with Crippen LogP contribution in [0.3, 0.4) is 0 Å². The van der Waals surface area contributed by atoms with E-state index >= 15 is 0 Å². The summed E-state index contributed by atoms with van der Waals surface area (Å²) in [6.07, 6.45) is 2.65. The molecule has 0 heterocycles. The Kier molecular flexibility index (Phi) is 4.79. The molecule has 1 nitrogen and oxygen atoms in total. The zero-order valence-electron chi connectivity index (χ0n) is 11.1. The van der Waals surface area contributed by atoms with Crippen molar-refractivity contribution in [3.8, 4) is 0 Å². The summed E-state index contributed by atoms with van der Waals surface area (Å²) in [7, 11) is 0. The van der Waals surface area contributed by atoms with Gasteiger partial charge in [0.05, 0.1) is 5.76 Å². The van der Waals surface area contributed by atoms with E-state index in [1.807, 2.05) is 12.1 Å². The second-order valence-corrected chi connectivity index (χ2v) is 4.83. The largest absolute Gasteiger partial charge is 0.513 e. The molecule has 0 aliphatic rings. The smallest absolute Gasteiger partial charge is 0.0851 e. The zero-order valence-corrected chi connectivity index (χ0v) is 11.1. The van der Waals surface area contributed by atoms with Crippen LogP contribution in [-0.2, 0) is 0 Å². The second-order valence-electron chi connectivity index (χ2n) is 4.83. The van der Waals surface area contributed by atoms with Gasteiger partial charge in [-0.1, -0.05) is 67.2 Å². The van der Waals surface area contributed by atoms with Crippen LogP contribution in [0.2, 0.25) is 0 Å². The third-order valence-electron chi connectivity index (χ3n) is 3.36. The standard InChI is InChI=1S/C18H20O/c1-15(19)9-8-14-18(16-10-4-2-5-11-16)17-12-6-3-7-13-17/h2-7,10-13,18-19H,1,8-9,14H2. The summed E-state index contributed by atoms with van der Waals surface area (Å²) in [6.45, 7) is 3.55. The van der Waals surface area contributed by atoms with Crippen molar-refractivity contribution < 1.29 is 5.11 Å². The summed E-state index contributed by atoms with van der Waals surface area (Å²) in [5.41, 5.74) is 2.66. The average Bonchev–Trinajstić information content (AvgIpc) is 2.45. The summed E-state index contributed by atoms with van der Waals surface area (Å²) >= 11 is 0. The van der Waals surface area contributed by atoms with Crippen LogP contribution in [0.15, 0.2) is 73.0 Å². The van der Waals surface area contributed by atoms with Gasteiger partial charge >= 0.3 is 0 Å². The maximum Gasteiger partial charge on any atom is 0.0851 e. The highest BCUT2D eigenvalue weighted by atomic mass is 16.3. The van der Waals surface area contributed by atoms with Gasteiger partial charge < -0.3 is 5.11 Å². The van der Waals surface area contributed by atoms with E-state index < -0.39 is 0 Å².